The van der Waals surface area contributed by atoms with Gasteiger partial charge in [-0.1, -0.05) is 11.6 Å². The lowest BCUT2D eigenvalue weighted by atomic mass is 9.93. The van der Waals surface area contributed by atoms with E-state index in [9.17, 15) is 22.0 Å². The summed E-state index contributed by atoms with van der Waals surface area (Å²) in [4.78, 5) is 16.9. The summed E-state index contributed by atoms with van der Waals surface area (Å²) >= 11 is 5.94. The number of hydrogen-bond donors (Lipinski definition) is 2. The molecule has 2 aromatic carbocycles. The normalized spacial score (nSPS) is 20.1. The highest BCUT2D eigenvalue weighted by molar-refractivity contribution is 7.89. The number of nitrogens with two attached hydrogens (primary N) is 2. The van der Waals surface area contributed by atoms with E-state index in [1.165, 1.54) is 20.0 Å². The van der Waals surface area contributed by atoms with Crippen LogP contribution in [0.25, 0.3) is 11.0 Å². The van der Waals surface area contributed by atoms with E-state index in [1.54, 1.807) is 18.2 Å². The van der Waals surface area contributed by atoms with Gasteiger partial charge in [0.05, 0.1) is 11.4 Å². The Kier molecular flexibility index (Phi) is 5.34. The van der Waals surface area contributed by atoms with Crippen molar-refractivity contribution < 1.29 is 26.4 Å². The van der Waals surface area contributed by atoms with Crippen molar-refractivity contribution in [3.8, 4) is 0 Å². The van der Waals surface area contributed by atoms with Gasteiger partial charge in [0.1, 0.15) is 11.1 Å². The highest BCUT2D eigenvalue weighted by Crippen LogP contribution is 2.36. The average Bonchev–Trinajstić information content (AvgIpc) is 3.15. The quantitative estimate of drug-likeness (QED) is 0.324. The van der Waals surface area contributed by atoms with Gasteiger partial charge in [-0.2, -0.15) is 0 Å². The maximum absolute atomic E-state index is 14.8. The van der Waals surface area contributed by atoms with Crippen LogP contribution in [0.2, 0.25) is 5.02 Å². The first-order valence-corrected chi connectivity index (χ1v) is 11.4. The van der Waals surface area contributed by atoms with E-state index in [1.807, 2.05) is 0 Å². The Hall–Kier alpha value is -3.22. The number of carbonyl (C=O) groups excluding carboxylic acids is 1. The molecule has 0 fully saturated rings. The summed E-state index contributed by atoms with van der Waals surface area (Å²) in [6, 6.07) is 7.88. The number of hydrazine groups is 1. The molecule has 2 heterocycles. The van der Waals surface area contributed by atoms with Crippen LogP contribution in [0.15, 0.2) is 45.8 Å². The summed E-state index contributed by atoms with van der Waals surface area (Å²) in [6.45, 7) is 1.29. The van der Waals surface area contributed by atoms with Gasteiger partial charge in [-0.25, -0.2) is 37.3 Å². The van der Waals surface area contributed by atoms with Crippen molar-refractivity contribution in [2.75, 3.05) is 17.8 Å². The van der Waals surface area contributed by atoms with Gasteiger partial charge in [0, 0.05) is 29.1 Å². The number of benzene rings is 2. The molecule has 0 bridgehead atoms. The fraction of sp³-hybridized carbons (Fsp3) is 0.200. The molecule has 13 heteroatoms. The lowest BCUT2D eigenvalue weighted by Gasteiger charge is -2.35. The number of nitrogens with zero attached hydrogens (tertiary/aromatic N) is 3. The fourth-order valence-electron chi connectivity index (χ4n) is 3.55. The second-order valence-corrected chi connectivity index (χ2v) is 10.2. The van der Waals surface area contributed by atoms with Gasteiger partial charge in [-0.05, 0) is 37.3 Å². The van der Waals surface area contributed by atoms with Crippen LogP contribution in [-0.2, 0) is 15.6 Å². The summed E-state index contributed by atoms with van der Waals surface area (Å²) in [6.07, 6.45) is 0. The number of aliphatic imine (C=N–C) groups is 1. The Morgan fingerprint density at radius 3 is 2.64 bits per heavy atom. The van der Waals surface area contributed by atoms with Crippen molar-refractivity contribution in [3.63, 3.8) is 0 Å². The summed E-state index contributed by atoms with van der Waals surface area (Å²) in [5, 5.41) is 1.53. The first-order valence-electron chi connectivity index (χ1n) is 9.42. The van der Waals surface area contributed by atoms with E-state index in [0.29, 0.717) is 27.1 Å². The van der Waals surface area contributed by atoms with Crippen LogP contribution in [0.3, 0.4) is 0 Å². The van der Waals surface area contributed by atoms with Crippen molar-refractivity contribution in [1.82, 2.24) is 4.31 Å². The first-order chi connectivity index (χ1) is 15.3. The number of rotatable bonds is 3. The number of hydrogen-bond acceptors (Lipinski definition) is 7. The highest BCUT2D eigenvalue weighted by Gasteiger charge is 2.42. The molecule has 0 unspecified atom stereocenters. The number of anilines is 1. The molecular formula is C20H18ClF2N5O4S. The van der Waals surface area contributed by atoms with Gasteiger partial charge in [-0.15, -0.1) is 0 Å². The van der Waals surface area contributed by atoms with Crippen LogP contribution >= 0.6 is 11.6 Å². The molecule has 1 aromatic heterocycles. The van der Waals surface area contributed by atoms with Crippen LogP contribution in [0.1, 0.15) is 23.0 Å². The molecule has 0 saturated heterocycles. The lowest BCUT2D eigenvalue weighted by Crippen LogP contribution is -2.50. The van der Waals surface area contributed by atoms with Gasteiger partial charge < -0.3 is 10.2 Å². The van der Waals surface area contributed by atoms with E-state index in [0.717, 1.165) is 10.4 Å². The third-order valence-corrected chi connectivity index (χ3v) is 7.53. The SMILES string of the molecule is CN1C(N)=N[C@](C)(c2cc(N(N)C(=O)c3cc4cc(Cl)ccc4o3)cc(F)c2F)CS1(=O)=O. The van der Waals surface area contributed by atoms with Gasteiger partial charge in [-0.3, -0.25) is 4.79 Å². The molecule has 33 heavy (non-hydrogen) atoms. The van der Waals surface area contributed by atoms with Gasteiger partial charge >= 0.3 is 5.91 Å². The molecule has 1 aliphatic rings. The minimum Gasteiger partial charge on any atom is -0.451 e. The summed E-state index contributed by atoms with van der Waals surface area (Å²) in [5.74, 6) is 1.12. The smallest absolute Gasteiger partial charge is 0.308 e. The molecule has 0 saturated carbocycles. The molecule has 1 aliphatic heterocycles. The van der Waals surface area contributed by atoms with E-state index in [2.05, 4.69) is 4.99 Å². The van der Waals surface area contributed by atoms with Crippen LogP contribution in [-0.4, -0.2) is 37.4 Å². The fourth-order valence-corrected chi connectivity index (χ4v) is 5.18. The van der Waals surface area contributed by atoms with Crippen LogP contribution in [0.4, 0.5) is 14.5 Å². The number of fused-ring (bicyclic) bond motifs is 1. The Balaban J connectivity index is 1.77. The third kappa shape index (κ3) is 3.90. The molecule has 0 aliphatic carbocycles. The maximum Gasteiger partial charge on any atom is 0.308 e. The molecule has 3 aromatic rings. The Labute approximate surface area is 192 Å². The molecule has 4 N–H and O–H groups in total. The number of halogens is 3. The monoisotopic (exact) mass is 497 g/mol. The molecule has 9 nitrogen and oxygen atoms in total. The predicted octanol–water partition coefficient (Wildman–Crippen LogP) is 2.69. The number of furan rings is 1. The second-order valence-electron chi connectivity index (χ2n) is 7.72. The van der Waals surface area contributed by atoms with E-state index in [-0.39, 0.29) is 11.4 Å². The summed E-state index contributed by atoms with van der Waals surface area (Å²) < 4.78 is 60.4. The van der Waals surface area contributed by atoms with E-state index < -0.39 is 50.4 Å². The van der Waals surface area contributed by atoms with Gasteiger partial charge in [0.2, 0.25) is 16.0 Å². The van der Waals surface area contributed by atoms with E-state index in [4.69, 9.17) is 27.6 Å². The number of sulfonamides is 1. The summed E-state index contributed by atoms with van der Waals surface area (Å²) in [7, 11) is -2.76. The third-order valence-electron chi connectivity index (χ3n) is 5.34. The van der Waals surface area contributed by atoms with Crippen molar-refractivity contribution in [3.05, 3.63) is 64.4 Å². The molecule has 1 atom stereocenters. The second kappa shape index (κ2) is 7.68. The molecule has 1 amide bonds. The maximum atomic E-state index is 14.8. The van der Waals surface area contributed by atoms with Crippen molar-refractivity contribution in [2.24, 2.45) is 16.6 Å². The zero-order valence-corrected chi connectivity index (χ0v) is 18.9. The van der Waals surface area contributed by atoms with Crippen molar-refractivity contribution >= 4 is 50.1 Å². The zero-order chi connectivity index (χ0) is 24.3. The molecule has 4 rings (SSSR count). The Bertz CT molecular complexity index is 1440. The standard InChI is InChI=1S/C20H18ClF2N5O4S/c1-20(9-33(30,31)27(2)19(24)26-20)13-7-12(8-14(22)17(13)23)28(25)18(29)16-6-10-5-11(21)3-4-15(10)32-16/h3-8H,9,25H2,1-2H3,(H2,24,26)/t20-/m0/s1. The van der Waals surface area contributed by atoms with Crippen LogP contribution in [0, 0.1) is 11.6 Å². The number of amides is 1. The molecule has 174 valence electrons. The topological polar surface area (TPSA) is 135 Å². The van der Waals surface area contributed by atoms with Crippen molar-refractivity contribution in [1.29, 1.82) is 0 Å². The minimum absolute atomic E-state index is 0.170. The lowest BCUT2D eigenvalue weighted by molar-refractivity contribution is 0.0962. The number of carbonyl (C=O) groups is 1. The van der Waals surface area contributed by atoms with Crippen LogP contribution in [0.5, 0.6) is 0 Å². The molecular weight excluding hydrogens is 480 g/mol. The largest absolute Gasteiger partial charge is 0.451 e. The van der Waals surface area contributed by atoms with E-state index >= 15 is 0 Å². The molecule has 0 radical (unpaired) electrons. The van der Waals surface area contributed by atoms with Gasteiger partial charge in [0.15, 0.2) is 17.4 Å². The number of guanidine groups is 1. The Morgan fingerprint density at radius 1 is 1.27 bits per heavy atom. The molecule has 0 spiro atoms. The predicted molar refractivity (Wildman–Crippen MR) is 119 cm³/mol. The summed E-state index contributed by atoms with van der Waals surface area (Å²) in [5.41, 5.74) is 3.61. The highest BCUT2D eigenvalue weighted by atomic mass is 35.5. The minimum atomic E-state index is -3.96. The first kappa shape index (κ1) is 23.0. The van der Waals surface area contributed by atoms with Gasteiger partial charge in [0.25, 0.3) is 0 Å². The van der Waals surface area contributed by atoms with Crippen molar-refractivity contribution in [2.45, 2.75) is 12.5 Å². The average molecular weight is 498 g/mol. The zero-order valence-electron chi connectivity index (χ0n) is 17.3. The van der Waals surface area contributed by atoms with Crippen LogP contribution < -0.4 is 16.6 Å². The Morgan fingerprint density at radius 2 is 1.97 bits per heavy atom.